The molecule has 0 aromatic heterocycles. The molecular formula is C11H16N2. The van der Waals surface area contributed by atoms with Crippen LogP contribution in [0.15, 0.2) is 35.3 Å². The average molecular weight is 176 g/mol. The standard InChI is InChI=1S/C11H16N2/c1-12-11(13-2)9-8-10-6-4-3-5-7-10/h3-7H,8-9H2,1-2H3,(H,12,13). The number of hydrogen-bond donors (Lipinski definition) is 1. The van der Waals surface area contributed by atoms with Crippen LogP contribution < -0.4 is 5.32 Å². The molecule has 0 aliphatic heterocycles. The van der Waals surface area contributed by atoms with Crippen molar-refractivity contribution in [2.75, 3.05) is 14.1 Å². The Morgan fingerprint density at radius 1 is 1.31 bits per heavy atom. The van der Waals surface area contributed by atoms with Crippen molar-refractivity contribution in [3.8, 4) is 0 Å². The van der Waals surface area contributed by atoms with Crippen LogP contribution in [-0.2, 0) is 6.42 Å². The molecule has 1 aromatic carbocycles. The number of amidine groups is 1. The molecular weight excluding hydrogens is 160 g/mol. The van der Waals surface area contributed by atoms with E-state index < -0.39 is 0 Å². The number of aryl methyl sites for hydroxylation is 1. The minimum absolute atomic E-state index is 0.983. The topological polar surface area (TPSA) is 24.4 Å². The van der Waals surface area contributed by atoms with E-state index in [-0.39, 0.29) is 0 Å². The Labute approximate surface area is 79.7 Å². The Morgan fingerprint density at radius 2 is 2.00 bits per heavy atom. The number of hydrogen-bond acceptors (Lipinski definition) is 1. The zero-order valence-electron chi connectivity index (χ0n) is 8.25. The van der Waals surface area contributed by atoms with Crippen molar-refractivity contribution in [3.63, 3.8) is 0 Å². The fraction of sp³-hybridized carbons (Fsp3) is 0.364. The fourth-order valence-corrected chi connectivity index (χ4v) is 1.26. The maximum atomic E-state index is 4.13. The van der Waals surface area contributed by atoms with Gasteiger partial charge in [0.15, 0.2) is 0 Å². The van der Waals surface area contributed by atoms with Crippen LogP contribution in [0.3, 0.4) is 0 Å². The van der Waals surface area contributed by atoms with Crippen molar-refractivity contribution in [1.82, 2.24) is 5.32 Å². The predicted molar refractivity (Wildman–Crippen MR) is 57.2 cm³/mol. The van der Waals surface area contributed by atoms with Gasteiger partial charge in [-0.2, -0.15) is 0 Å². The SMILES string of the molecule is CN=C(CCc1ccccc1)NC. The Hall–Kier alpha value is -1.31. The third-order valence-corrected chi connectivity index (χ3v) is 2.05. The molecule has 13 heavy (non-hydrogen) atoms. The molecule has 0 saturated heterocycles. The first kappa shape index (κ1) is 9.78. The van der Waals surface area contributed by atoms with Crippen LogP contribution in [0.5, 0.6) is 0 Å². The van der Waals surface area contributed by atoms with Crippen molar-refractivity contribution in [2.24, 2.45) is 4.99 Å². The van der Waals surface area contributed by atoms with Crippen molar-refractivity contribution in [3.05, 3.63) is 35.9 Å². The van der Waals surface area contributed by atoms with E-state index in [1.807, 2.05) is 20.2 Å². The summed E-state index contributed by atoms with van der Waals surface area (Å²) < 4.78 is 0. The van der Waals surface area contributed by atoms with E-state index in [0.29, 0.717) is 0 Å². The van der Waals surface area contributed by atoms with Gasteiger partial charge in [-0.1, -0.05) is 30.3 Å². The molecule has 0 heterocycles. The van der Waals surface area contributed by atoms with Gasteiger partial charge in [-0.3, -0.25) is 4.99 Å². The average Bonchev–Trinajstić information content (AvgIpc) is 2.21. The predicted octanol–water partition coefficient (Wildman–Crippen LogP) is 1.87. The summed E-state index contributed by atoms with van der Waals surface area (Å²) in [7, 11) is 3.73. The number of nitrogens with one attached hydrogen (secondary N) is 1. The van der Waals surface area contributed by atoms with Crippen LogP contribution in [0, 0.1) is 0 Å². The maximum absolute atomic E-state index is 4.13. The molecule has 0 spiro atoms. The smallest absolute Gasteiger partial charge is 0.0960 e. The molecule has 1 rings (SSSR count). The summed E-state index contributed by atoms with van der Waals surface area (Å²) in [6.45, 7) is 0. The molecule has 0 atom stereocenters. The third-order valence-electron chi connectivity index (χ3n) is 2.05. The van der Waals surface area contributed by atoms with E-state index in [9.17, 15) is 0 Å². The third kappa shape index (κ3) is 3.28. The molecule has 2 heteroatoms. The van der Waals surface area contributed by atoms with Crippen LogP contribution in [-0.4, -0.2) is 19.9 Å². The zero-order chi connectivity index (χ0) is 9.52. The molecule has 0 unspecified atom stereocenters. The van der Waals surface area contributed by atoms with E-state index in [4.69, 9.17) is 0 Å². The molecule has 2 nitrogen and oxygen atoms in total. The lowest BCUT2D eigenvalue weighted by molar-refractivity contribution is 0.970. The van der Waals surface area contributed by atoms with Gasteiger partial charge < -0.3 is 5.32 Å². The molecule has 1 N–H and O–H groups in total. The molecule has 0 aliphatic rings. The highest BCUT2D eigenvalue weighted by Crippen LogP contribution is 2.02. The molecule has 0 radical (unpaired) electrons. The lowest BCUT2D eigenvalue weighted by atomic mass is 10.1. The first-order valence-corrected chi connectivity index (χ1v) is 4.54. The van der Waals surface area contributed by atoms with Crippen molar-refractivity contribution in [2.45, 2.75) is 12.8 Å². The summed E-state index contributed by atoms with van der Waals surface area (Å²) in [5.74, 6) is 1.06. The first-order valence-electron chi connectivity index (χ1n) is 4.54. The quantitative estimate of drug-likeness (QED) is 0.552. The van der Waals surface area contributed by atoms with E-state index in [1.54, 1.807) is 0 Å². The number of nitrogens with zero attached hydrogens (tertiary/aromatic N) is 1. The minimum Gasteiger partial charge on any atom is -0.377 e. The number of aliphatic imine (C=N–C) groups is 1. The van der Waals surface area contributed by atoms with E-state index in [0.717, 1.165) is 18.7 Å². The second kappa shape index (κ2) is 5.36. The van der Waals surface area contributed by atoms with Crippen molar-refractivity contribution < 1.29 is 0 Å². The van der Waals surface area contributed by atoms with Gasteiger partial charge in [0.1, 0.15) is 0 Å². The van der Waals surface area contributed by atoms with E-state index in [1.165, 1.54) is 5.56 Å². The lowest BCUT2D eigenvalue weighted by Gasteiger charge is -2.04. The first-order chi connectivity index (χ1) is 6.36. The Balaban J connectivity index is 2.43. The molecule has 0 saturated carbocycles. The van der Waals surface area contributed by atoms with Crippen LogP contribution in [0.4, 0.5) is 0 Å². The summed E-state index contributed by atoms with van der Waals surface area (Å²) in [4.78, 5) is 4.13. The van der Waals surface area contributed by atoms with Gasteiger partial charge in [0.05, 0.1) is 5.84 Å². The fourth-order valence-electron chi connectivity index (χ4n) is 1.26. The van der Waals surface area contributed by atoms with Crippen molar-refractivity contribution in [1.29, 1.82) is 0 Å². The molecule has 0 aliphatic carbocycles. The summed E-state index contributed by atoms with van der Waals surface area (Å²) >= 11 is 0. The van der Waals surface area contributed by atoms with Crippen LogP contribution >= 0.6 is 0 Å². The van der Waals surface area contributed by atoms with Crippen molar-refractivity contribution >= 4 is 5.84 Å². The number of benzene rings is 1. The van der Waals surface area contributed by atoms with Crippen LogP contribution in [0.1, 0.15) is 12.0 Å². The number of rotatable bonds is 3. The van der Waals surface area contributed by atoms with E-state index >= 15 is 0 Å². The monoisotopic (exact) mass is 176 g/mol. The summed E-state index contributed by atoms with van der Waals surface area (Å²) in [6.07, 6.45) is 2.03. The molecule has 70 valence electrons. The second-order valence-corrected chi connectivity index (χ2v) is 2.91. The van der Waals surface area contributed by atoms with Crippen LogP contribution in [0.25, 0.3) is 0 Å². The normalized spacial score (nSPS) is 11.4. The van der Waals surface area contributed by atoms with E-state index in [2.05, 4.69) is 34.6 Å². The highest BCUT2D eigenvalue weighted by atomic mass is 14.9. The lowest BCUT2D eigenvalue weighted by Crippen LogP contribution is -2.18. The Morgan fingerprint density at radius 3 is 2.54 bits per heavy atom. The summed E-state index contributed by atoms with van der Waals surface area (Å²) in [5.41, 5.74) is 1.36. The van der Waals surface area contributed by atoms with Crippen LogP contribution in [0.2, 0.25) is 0 Å². The highest BCUT2D eigenvalue weighted by Gasteiger charge is 1.95. The Kier molecular flexibility index (Phi) is 4.03. The van der Waals surface area contributed by atoms with Gasteiger partial charge in [-0.15, -0.1) is 0 Å². The minimum atomic E-state index is 0.983. The van der Waals surface area contributed by atoms with Gasteiger partial charge in [0.2, 0.25) is 0 Å². The van der Waals surface area contributed by atoms with Gasteiger partial charge in [-0.05, 0) is 12.0 Å². The summed E-state index contributed by atoms with van der Waals surface area (Å²) in [5, 5.41) is 3.07. The van der Waals surface area contributed by atoms with Gasteiger partial charge in [0, 0.05) is 20.5 Å². The highest BCUT2D eigenvalue weighted by molar-refractivity contribution is 5.81. The Bertz CT molecular complexity index is 265. The van der Waals surface area contributed by atoms with Gasteiger partial charge in [0.25, 0.3) is 0 Å². The molecule has 0 bridgehead atoms. The van der Waals surface area contributed by atoms with Gasteiger partial charge in [-0.25, -0.2) is 0 Å². The van der Waals surface area contributed by atoms with Gasteiger partial charge >= 0.3 is 0 Å². The summed E-state index contributed by atoms with van der Waals surface area (Å²) in [6, 6.07) is 10.5. The second-order valence-electron chi connectivity index (χ2n) is 2.91. The maximum Gasteiger partial charge on any atom is 0.0960 e. The molecule has 0 amide bonds. The largest absolute Gasteiger partial charge is 0.377 e. The molecule has 1 aromatic rings. The zero-order valence-corrected chi connectivity index (χ0v) is 8.25. The molecule has 0 fully saturated rings.